The van der Waals surface area contributed by atoms with E-state index in [0.717, 1.165) is 4.48 Å². The van der Waals surface area contributed by atoms with Crippen molar-refractivity contribution in [2.75, 3.05) is 41.4 Å². The van der Waals surface area contributed by atoms with Crippen LogP contribution in [0.3, 0.4) is 0 Å². The molecule has 0 bridgehead atoms. The Hall–Kier alpha value is -2.94. The molecular weight excluding hydrogens is 290 g/mol. The molecule has 6 nitrogen and oxygen atoms in total. The van der Waals surface area contributed by atoms with Gasteiger partial charge in [-0.1, -0.05) is 6.08 Å². The summed E-state index contributed by atoms with van der Waals surface area (Å²) in [6, 6.07) is 5.25. The van der Waals surface area contributed by atoms with Crippen molar-refractivity contribution in [1.82, 2.24) is 0 Å². The van der Waals surface area contributed by atoms with Gasteiger partial charge in [-0.15, -0.1) is 0 Å². The van der Waals surface area contributed by atoms with E-state index in [9.17, 15) is 0 Å². The Kier molecular flexibility index (Phi) is 8.63. The summed E-state index contributed by atoms with van der Waals surface area (Å²) in [5.41, 5.74) is 1.27. The number of hydrogen-bond donors (Lipinski definition) is 0. The van der Waals surface area contributed by atoms with Gasteiger partial charge in [0.2, 0.25) is 0 Å². The van der Waals surface area contributed by atoms with Gasteiger partial charge < -0.3 is 14.6 Å². The van der Waals surface area contributed by atoms with Crippen LogP contribution < -0.4 is 0 Å². The van der Waals surface area contributed by atoms with Gasteiger partial charge in [0.15, 0.2) is 0 Å². The topological polar surface area (TPSA) is 103 Å². The molecular formula is C17H19N5O. The van der Waals surface area contributed by atoms with Crippen molar-refractivity contribution >= 4 is 5.87 Å². The lowest BCUT2D eigenvalue weighted by atomic mass is 10.1. The molecule has 1 aliphatic rings. The second-order valence-electron chi connectivity index (χ2n) is 6.03. The monoisotopic (exact) mass is 309 g/mol. The fourth-order valence-corrected chi connectivity index (χ4v) is 1.32. The molecule has 1 rings (SSSR count). The van der Waals surface area contributed by atoms with Crippen molar-refractivity contribution in [2.45, 2.75) is 0 Å². The van der Waals surface area contributed by atoms with Gasteiger partial charge in [0, 0.05) is 0 Å². The molecule has 118 valence electrons. The number of ether oxygens (including phenoxy) is 1. The minimum Gasteiger partial charge on any atom is -0.762 e. The third-order valence-corrected chi connectivity index (χ3v) is 2.05. The van der Waals surface area contributed by atoms with Crippen LogP contribution in [-0.4, -0.2) is 51.8 Å². The Morgan fingerprint density at radius 1 is 1.13 bits per heavy atom. The normalized spacial score (nSPS) is 14.7. The van der Waals surface area contributed by atoms with Crippen LogP contribution in [0.5, 0.6) is 0 Å². The van der Waals surface area contributed by atoms with Gasteiger partial charge >= 0.3 is 0 Å². The molecule has 23 heavy (non-hydrogen) atoms. The van der Waals surface area contributed by atoms with E-state index in [1.807, 2.05) is 0 Å². The Balaban J connectivity index is 0.000000841. The first kappa shape index (κ1) is 20.1. The Labute approximate surface area is 137 Å². The van der Waals surface area contributed by atoms with E-state index >= 15 is 0 Å². The molecule has 0 unspecified atom stereocenters. The maximum Gasteiger partial charge on any atom is 0.130 e. The summed E-state index contributed by atoms with van der Waals surface area (Å²) < 4.78 is 6.24. The lowest BCUT2D eigenvalue weighted by Crippen LogP contribution is -2.27. The van der Waals surface area contributed by atoms with Crippen LogP contribution in [0.4, 0.5) is 0 Å². The SMILES string of the molecule is C[N+](C)(C)C.N#CC(=C=[N-])/C=C1/C=C(C=C(C#N)C#N)COC1. The van der Waals surface area contributed by atoms with Crippen molar-refractivity contribution < 1.29 is 9.22 Å². The third kappa shape index (κ3) is 10.4. The number of hydrogen-bond acceptors (Lipinski definition) is 4. The van der Waals surface area contributed by atoms with E-state index < -0.39 is 0 Å². The van der Waals surface area contributed by atoms with Gasteiger partial charge in [-0.05, 0) is 23.3 Å². The van der Waals surface area contributed by atoms with Gasteiger partial charge in [0.25, 0.3) is 0 Å². The predicted octanol–water partition coefficient (Wildman–Crippen LogP) is 1.85. The van der Waals surface area contributed by atoms with Crippen LogP contribution in [0.15, 0.2) is 40.5 Å². The average molecular weight is 309 g/mol. The van der Waals surface area contributed by atoms with Gasteiger partial charge in [-0.25, -0.2) is 0 Å². The summed E-state index contributed by atoms with van der Waals surface area (Å²) >= 11 is 0. The molecule has 6 heteroatoms. The van der Waals surface area contributed by atoms with Crippen molar-refractivity contribution in [3.8, 4) is 18.2 Å². The summed E-state index contributed by atoms with van der Waals surface area (Å²) in [6.07, 6.45) is 4.55. The van der Waals surface area contributed by atoms with Crippen molar-refractivity contribution in [1.29, 1.82) is 15.8 Å². The molecule has 0 saturated heterocycles. The number of nitrogens with zero attached hydrogens (tertiary/aromatic N) is 5. The van der Waals surface area contributed by atoms with Crippen LogP contribution >= 0.6 is 0 Å². The van der Waals surface area contributed by atoms with Crippen LogP contribution in [0.2, 0.25) is 0 Å². The fourth-order valence-electron chi connectivity index (χ4n) is 1.32. The van der Waals surface area contributed by atoms with E-state index in [0.29, 0.717) is 24.4 Å². The van der Waals surface area contributed by atoms with E-state index in [2.05, 4.69) is 28.2 Å². The van der Waals surface area contributed by atoms with Crippen molar-refractivity contribution in [3.05, 3.63) is 45.9 Å². The van der Waals surface area contributed by atoms with Crippen molar-refractivity contribution in [2.24, 2.45) is 0 Å². The summed E-state index contributed by atoms with van der Waals surface area (Å²) in [6.45, 7) is 0.581. The first-order chi connectivity index (χ1) is 10.7. The van der Waals surface area contributed by atoms with E-state index in [-0.39, 0.29) is 11.1 Å². The molecule has 1 aliphatic heterocycles. The van der Waals surface area contributed by atoms with Crippen molar-refractivity contribution in [3.63, 3.8) is 0 Å². The zero-order chi connectivity index (χ0) is 17.9. The highest BCUT2D eigenvalue weighted by Gasteiger charge is 2.07. The molecule has 0 fully saturated rings. The number of quaternary nitrogens is 1. The van der Waals surface area contributed by atoms with Crippen LogP contribution in [-0.2, 0) is 4.74 Å². The minimum absolute atomic E-state index is 0.0177. The molecule has 0 aromatic rings. The van der Waals surface area contributed by atoms with E-state index in [4.69, 9.17) is 25.9 Å². The smallest absolute Gasteiger partial charge is 0.130 e. The van der Waals surface area contributed by atoms with Gasteiger partial charge in [0.1, 0.15) is 23.8 Å². The molecule has 0 N–H and O–H groups in total. The standard InChI is InChI=1S/C13H7N4O.C4H12N/c14-4-12(5-15)2-10-1-11(9-18-8-10)3-13(6-16)7-17;1-5(2,3)4/h1-3H,8-9H2;1-4H3/q-1;+1/b10-2-;. The molecule has 0 aromatic heterocycles. The quantitative estimate of drug-likeness (QED) is 0.441. The number of nitriles is 3. The van der Waals surface area contributed by atoms with Gasteiger partial charge in [-0.3, -0.25) is 5.87 Å². The molecule has 0 spiro atoms. The summed E-state index contributed by atoms with van der Waals surface area (Å²) in [7, 11) is 8.50. The molecule has 0 saturated carbocycles. The number of allylic oxidation sites excluding steroid dienone is 3. The second kappa shape index (κ2) is 9.90. The second-order valence-corrected chi connectivity index (χ2v) is 6.03. The fraction of sp³-hybridized carbons (Fsp3) is 0.353. The molecule has 1 heterocycles. The highest BCUT2D eigenvalue weighted by Crippen LogP contribution is 2.15. The molecule has 0 radical (unpaired) electrons. The molecule has 0 atom stereocenters. The van der Waals surface area contributed by atoms with Crippen LogP contribution in [0.1, 0.15) is 0 Å². The lowest BCUT2D eigenvalue weighted by Gasteiger charge is -2.14. The minimum atomic E-state index is -0.0177. The Morgan fingerprint density at radius 3 is 2.13 bits per heavy atom. The van der Waals surface area contributed by atoms with Crippen LogP contribution in [0, 0.1) is 34.0 Å². The maximum atomic E-state index is 8.63. The highest BCUT2D eigenvalue weighted by atomic mass is 16.5. The summed E-state index contributed by atoms with van der Waals surface area (Å²) in [5, 5.41) is 34.5. The zero-order valence-electron chi connectivity index (χ0n) is 13.8. The lowest BCUT2D eigenvalue weighted by molar-refractivity contribution is -0.849. The van der Waals surface area contributed by atoms with Gasteiger partial charge in [0.05, 0.1) is 47.0 Å². The van der Waals surface area contributed by atoms with Crippen LogP contribution in [0.25, 0.3) is 5.41 Å². The first-order valence-electron chi connectivity index (χ1n) is 6.70. The van der Waals surface area contributed by atoms with E-state index in [1.54, 1.807) is 30.2 Å². The summed E-state index contributed by atoms with van der Waals surface area (Å²) in [4.78, 5) is 0. The number of rotatable bonds is 2. The molecule has 0 aliphatic carbocycles. The van der Waals surface area contributed by atoms with Gasteiger partial charge in [-0.2, -0.15) is 15.8 Å². The van der Waals surface area contributed by atoms with E-state index in [1.165, 1.54) is 12.2 Å². The highest BCUT2D eigenvalue weighted by molar-refractivity contribution is 5.70. The average Bonchev–Trinajstić information content (AvgIpc) is 2.49. The maximum absolute atomic E-state index is 8.63. The third-order valence-electron chi connectivity index (χ3n) is 2.05. The largest absolute Gasteiger partial charge is 0.762 e. The Bertz CT molecular complexity index is 671. The summed E-state index contributed by atoms with van der Waals surface area (Å²) in [5.74, 6) is 1.75. The first-order valence-corrected chi connectivity index (χ1v) is 6.70. The zero-order valence-corrected chi connectivity index (χ0v) is 13.8. The molecule has 0 aromatic carbocycles. The predicted molar refractivity (Wildman–Crippen MR) is 87.7 cm³/mol. The Morgan fingerprint density at radius 2 is 1.70 bits per heavy atom. The molecule has 0 amide bonds.